The third-order valence-electron chi connectivity index (χ3n) is 3.94. The van der Waals surface area contributed by atoms with Crippen LogP contribution in [-0.4, -0.2) is 31.3 Å². The van der Waals surface area contributed by atoms with E-state index in [9.17, 15) is 9.90 Å². The maximum Gasteiger partial charge on any atom is 0.337 e. The van der Waals surface area contributed by atoms with Gasteiger partial charge in [0, 0.05) is 19.2 Å². The fourth-order valence-electron chi connectivity index (χ4n) is 2.63. The number of rotatable bonds is 4. The molecule has 1 aliphatic heterocycles. The topological polar surface area (TPSA) is 49.8 Å². The fourth-order valence-corrected chi connectivity index (χ4v) is 2.63. The molecular formula is C15H21NO3. The summed E-state index contributed by atoms with van der Waals surface area (Å²) in [6.07, 6.45) is 1.12. The van der Waals surface area contributed by atoms with Crippen molar-refractivity contribution in [1.29, 1.82) is 0 Å². The zero-order valence-electron chi connectivity index (χ0n) is 11.7. The highest BCUT2D eigenvalue weighted by atomic mass is 16.5. The monoisotopic (exact) mass is 263 g/mol. The van der Waals surface area contributed by atoms with Crippen LogP contribution in [-0.2, 0) is 0 Å². The molecule has 0 bridgehead atoms. The van der Waals surface area contributed by atoms with Gasteiger partial charge < -0.3 is 14.7 Å². The van der Waals surface area contributed by atoms with E-state index in [4.69, 9.17) is 4.74 Å². The van der Waals surface area contributed by atoms with Crippen LogP contribution < -0.4 is 9.64 Å². The molecule has 19 heavy (non-hydrogen) atoms. The van der Waals surface area contributed by atoms with Gasteiger partial charge in [0.25, 0.3) is 0 Å². The Morgan fingerprint density at radius 1 is 1.47 bits per heavy atom. The number of benzene rings is 1. The number of carboxylic acids is 1. The molecule has 0 saturated carbocycles. The van der Waals surface area contributed by atoms with Crippen LogP contribution in [0.1, 0.15) is 30.6 Å². The van der Waals surface area contributed by atoms with Gasteiger partial charge in [0.1, 0.15) is 5.75 Å². The molecule has 0 radical (unpaired) electrons. The normalized spacial score (nSPS) is 18.9. The van der Waals surface area contributed by atoms with E-state index < -0.39 is 5.97 Å². The molecule has 1 aromatic carbocycles. The third kappa shape index (κ3) is 2.83. The van der Waals surface area contributed by atoms with Crippen LogP contribution in [0, 0.1) is 11.8 Å². The van der Waals surface area contributed by atoms with Crippen molar-refractivity contribution >= 4 is 11.7 Å². The Morgan fingerprint density at radius 2 is 2.21 bits per heavy atom. The van der Waals surface area contributed by atoms with Gasteiger partial charge in [0.15, 0.2) is 0 Å². The summed E-state index contributed by atoms with van der Waals surface area (Å²) >= 11 is 0. The molecule has 1 saturated heterocycles. The second-order valence-corrected chi connectivity index (χ2v) is 5.43. The Morgan fingerprint density at radius 3 is 2.74 bits per heavy atom. The minimum atomic E-state index is -0.884. The highest BCUT2D eigenvalue weighted by Crippen LogP contribution is 2.32. The summed E-state index contributed by atoms with van der Waals surface area (Å²) < 4.78 is 5.20. The number of anilines is 1. The number of hydrogen-bond acceptors (Lipinski definition) is 3. The zero-order valence-corrected chi connectivity index (χ0v) is 11.7. The van der Waals surface area contributed by atoms with Crippen molar-refractivity contribution in [3.63, 3.8) is 0 Å². The van der Waals surface area contributed by atoms with Crippen molar-refractivity contribution in [3.8, 4) is 5.75 Å². The molecule has 1 fully saturated rings. The molecule has 4 nitrogen and oxygen atoms in total. The molecule has 1 atom stereocenters. The second kappa shape index (κ2) is 5.51. The summed E-state index contributed by atoms with van der Waals surface area (Å²) in [6, 6.07) is 5.15. The van der Waals surface area contributed by atoms with Crippen molar-refractivity contribution in [2.45, 2.75) is 20.3 Å². The van der Waals surface area contributed by atoms with Gasteiger partial charge >= 0.3 is 5.97 Å². The first-order valence-electron chi connectivity index (χ1n) is 6.69. The van der Waals surface area contributed by atoms with E-state index in [1.54, 1.807) is 19.2 Å². The molecule has 4 heteroatoms. The summed E-state index contributed by atoms with van der Waals surface area (Å²) in [5.41, 5.74) is 1.13. The first-order chi connectivity index (χ1) is 9.02. The Balaban J connectivity index is 2.30. The molecule has 0 amide bonds. The lowest BCUT2D eigenvalue weighted by molar-refractivity contribution is 0.0697. The maximum absolute atomic E-state index is 11.3. The maximum atomic E-state index is 11.3. The Kier molecular flexibility index (Phi) is 3.98. The van der Waals surface area contributed by atoms with Crippen LogP contribution in [0.25, 0.3) is 0 Å². The fraction of sp³-hybridized carbons (Fsp3) is 0.533. The van der Waals surface area contributed by atoms with E-state index in [0.717, 1.165) is 25.2 Å². The Labute approximate surface area is 114 Å². The molecule has 2 rings (SSSR count). The molecule has 1 heterocycles. The molecule has 0 spiro atoms. The number of methoxy groups -OCH3 is 1. The standard InChI is InChI=1S/C15H21NO3/c1-10(2)11-6-7-16(9-11)14-8-12(19-3)4-5-13(14)15(17)18/h4-5,8,10-11H,6-7,9H2,1-3H3,(H,17,18). The Hall–Kier alpha value is -1.71. The summed E-state index contributed by atoms with van der Waals surface area (Å²) in [5.74, 6) is 1.08. The molecule has 1 unspecified atom stereocenters. The van der Waals surface area contributed by atoms with E-state index in [2.05, 4.69) is 18.7 Å². The largest absolute Gasteiger partial charge is 0.497 e. The SMILES string of the molecule is COc1ccc(C(=O)O)c(N2CCC(C(C)C)C2)c1. The predicted molar refractivity (Wildman–Crippen MR) is 75.1 cm³/mol. The lowest BCUT2D eigenvalue weighted by Gasteiger charge is -2.22. The molecule has 104 valence electrons. The summed E-state index contributed by atoms with van der Waals surface area (Å²) in [7, 11) is 1.60. The average molecular weight is 263 g/mol. The zero-order chi connectivity index (χ0) is 14.0. The van der Waals surface area contributed by atoms with Gasteiger partial charge in [-0.2, -0.15) is 0 Å². The van der Waals surface area contributed by atoms with Crippen LogP contribution >= 0.6 is 0 Å². The minimum Gasteiger partial charge on any atom is -0.497 e. The van der Waals surface area contributed by atoms with E-state index in [1.165, 1.54) is 0 Å². The number of hydrogen-bond donors (Lipinski definition) is 1. The predicted octanol–water partition coefficient (Wildman–Crippen LogP) is 2.88. The van der Waals surface area contributed by atoms with E-state index >= 15 is 0 Å². The van der Waals surface area contributed by atoms with Crippen molar-refractivity contribution in [3.05, 3.63) is 23.8 Å². The highest BCUT2D eigenvalue weighted by molar-refractivity contribution is 5.95. The summed E-state index contributed by atoms with van der Waals surface area (Å²) in [4.78, 5) is 13.5. The van der Waals surface area contributed by atoms with Crippen molar-refractivity contribution in [2.24, 2.45) is 11.8 Å². The van der Waals surface area contributed by atoms with Crippen LogP contribution in [0.3, 0.4) is 0 Å². The van der Waals surface area contributed by atoms with Gasteiger partial charge in [-0.3, -0.25) is 0 Å². The van der Waals surface area contributed by atoms with Crippen molar-refractivity contribution in [1.82, 2.24) is 0 Å². The van der Waals surface area contributed by atoms with Gasteiger partial charge in [0.05, 0.1) is 18.4 Å². The van der Waals surface area contributed by atoms with Crippen molar-refractivity contribution < 1.29 is 14.6 Å². The van der Waals surface area contributed by atoms with Gasteiger partial charge in [-0.05, 0) is 30.4 Å². The third-order valence-corrected chi connectivity index (χ3v) is 3.94. The number of aromatic carboxylic acids is 1. The quantitative estimate of drug-likeness (QED) is 0.907. The molecule has 0 aliphatic carbocycles. The lowest BCUT2D eigenvalue weighted by atomic mass is 9.95. The Bertz CT molecular complexity index is 470. The highest BCUT2D eigenvalue weighted by Gasteiger charge is 2.27. The average Bonchev–Trinajstić information content (AvgIpc) is 2.87. The van der Waals surface area contributed by atoms with Gasteiger partial charge in [-0.15, -0.1) is 0 Å². The van der Waals surface area contributed by atoms with Crippen LogP contribution in [0.4, 0.5) is 5.69 Å². The van der Waals surface area contributed by atoms with Gasteiger partial charge in [-0.25, -0.2) is 4.79 Å². The van der Waals surface area contributed by atoms with Crippen LogP contribution in [0.15, 0.2) is 18.2 Å². The number of carbonyl (C=O) groups is 1. The molecule has 0 aromatic heterocycles. The van der Waals surface area contributed by atoms with Crippen molar-refractivity contribution in [2.75, 3.05) is 25.1 Å². The first kappa shape index (κ1) is 13.7. The van der Waals surface area contributed by atoms with Crippen LogP contribution in [0.5, 0.6) is 5.75 Å². The summed E-state index contributed by atoms with van der Waals surface area (Å²) in [6.45, 7) is 6.27. The molecular weight excluding hydrogens is 242 g/mol. The second-order valence-electron chi connectivity index (χ2n) is 5.43. The smallest absolute Gasteiger partial charge is 0.337 e. The molecule has 1 aromatic rings. The first-order valence-corrected chi connectivity index (χ1v) is 6.69. The number of carboxylic acid groups (broad SMARTS) is 1. The van der Waals surface area contributed by atoms with Gasteiger partial charge in [0.2, 0.25) is 0 Å². The number of nitrogens with zero attached hydrogens (tertiary/aromatic N) is 1. The minimum absolute atomic E-state index is 0.352. The van der Waals surface area contributed by atoms with E-state index in [-0.39, 0.29) is 0 Å². The number of ether oxygens (including phenoxy) is 1. The molecule has 1 aliphatic rings. The van der Waals surface area contributed by atoms with Gasteiger partial charge in [-0.1, -0.05) is 13.8 Å². The molecule has 1 N–H and O–H groups in total. The van der Waals surface area contributed by atoms with E-state index in [0.29, 0.717) is 23.1 Å². The van der Waals surface area contributed by atoms with Crippen LogP contribution in [0.2, 0.25) is 0 Å². The van der Waals surface area contributed by atoms with E-state index in [1.807, 2.05) is 6.07 Å². The lowest BCUT2D eigenvalue weighted by Crippen LogP contribution is -2.23. The summed E-state index contributed by atoms with van der Waals surface area (Å²) in [5, 5.41) is 9.30.